The molecule has 1 atom stereocenters. The van der Waals surface area contributed by atoms with Crippen LogP contribution < -0.4 is 0 Å². The van der Waals surface area contributed by atoms with Gasteiger partial charge in [-0.3, -0.25) is 0 Å². The lowest BCUT2D eigenvalue weighted by atomic mass is 9.84. The third kappa shape index (κ3) is 3.77. The van der Waals surface area contributed by atoms with Crippen molar-refractivity contribution in [3.05, 3.63) is 12.5 Å². The summed E-state index contributed by atoms with van der Waals surface area (Å²) in [6, 6.07) is 0. The first kappa shape index (κ1) is 17.5. The van der Waals surface area contributed by atoms with E-state index in [1.807, 2.05) is 0 Å². The second kappa shape index (κ2) is 6.64. The Hall–Kier alpha value is -0.960. The summed E-state index contributed by atoms with van der Waals surface area (Å²) in [6.07, 6.45) is 9.21. The number of ether oxygens (including phenoxy) is 2. The molecule has 2 saturated heterocycles. The summed E-state index contributed by atoms with van der Waals surface area (Å²) in [5, 5.41) is 0.126. The molecule has 0 bridgehead atoms. The van der Waals surface area contributed by atoms with E-state index in [-0.39, 0.29) is 16.7 Å². The van der Waals surface area contributed by atoms with Crippen LogP contribution >= 0.6 is 0 Å². The summed E-state index contributed by atoms with van der Waals surface area (Å²) in [4.78, 5) is 4.01. The minimum atomic E-state index is -3.51. The quantitative estimate of drug-likeness (QED) is 0.787. The van der Waals surface area contributed by atoms with Gasteiger partial charge in [0.2, 0.25) is 0 Å². The number of imidazole rings is 1. The van der Waals surface area contributed by atoms with Gasteiger partial charge in [0, 0.05) is 46.0 Å². The molecule has 8 heteroatoms. The Morgan fingerprint density at radius 1 is 1.32 bits per heavy atom. The Morgan fingerprint density at radius 3 is 2.72 bits per heavy atom. The van der Waals surface area contributed by atoms with Crippen LogP contribution in [0.25, 0.3) is 0 Å². The zero-order chi connectivity index (χ0) is 17.5. The van der Waals surface area contributed by atoms with Crippen LogP contribution in [-0.2, 0) is 26.5 Å². The molecule has 3 aliphatic rings. The smallest absolute Gasteiger partial charge is 0.262 e. The Labute approximate surface area is 149 Å². The summed E-state index contributed by atoms with van der Waals surface area (Å²) < 4.78 is 40.8. The molecule has 1 aromatic heterocycles. The minimum absolute atomic E-state index is 0.126. The summed E-state index contributed by atoms with van der Waals surface area (Å²) >= 11 is 0. The van der Waals surface area contributed by atoms with Gasteiger partial charge < -0.3 is 14.0 Å². The van der Waals surface area contributed by atoms with Crippen LogP contribution in [0.3, 0.4) is 0 Å². The number of hydrogen-bond donors (Lipinski definition) is 0. The number of hydrogen-bond acceptors (Lipinski definition) is 5. The minimum Gasteiger partial charge on any atom is -0.378 e. The molecule has 25 heavy (non-hydrogen) atoms. The lowest BCUT2D eigenvalue weighted by Crippen LogP contribution is -2.52. The monoisotopic (exact) mass is 369 g/mol. The van der Waals surface area contributed by atoms with Gasteiger partial charge in [-0.2, -0.15) is 4.31 Å². The average Bonchev–Trinajstić information content (AvgIpc) is 3.32. The van der Waals surface area contributed by atoms with E-state index in [9.17, 15) is 8.42 Å². The highest BCUT2D eigenvalue weighted by molar-refractivity contribution is 7.89. The Balaban J connectivity index is 1.36. The van der Waals surface area contributed by atoms with Crippen molar-refractivity contribution in [3.8, 4) is 0 Å². The van der Waals surface area contributed by atoms with Crippen molar-refractivity contribution in [3.63, 3.8) is 0 Å². The normalized spacial score (nSPS) is 27.6. The topological polar surface area (TPSA) is 73.7 Å². The van der Waals surface area contributed by atoms with Gasteiger partial charge in [-0.15, -0.1) is 0 Å². The summed E-state index contributed by atoms with van der Waals surface area (Å²) in [6.45, 7) is 2.55. The molecule has 0 N–H and O–H groups in total. The van der Waals surface area contributed by atoms with E-state index in [0.29, 0.717) is 19.7 Å². The lowest BCUT2D eigenvalue weighted by molar-refractivity contribution is -0.151. The molecule has 3 heterocycles. The van der Waals surface area contributed by atoms with Crippen molar-refractivity contribution in [1.29, 1.82) is 0 Å². The number of aryl methyl sites for hydroxylation is 1. The van der Waals surface area contributed by atoms with Gasteiger partial charge in [-0.25, -0.2) is 13.4 Å². The van der Waals surface area contributed by atoms with Crippen LogP contribution in [0, 0.1) is 5.92 Å². The first-order valence-electron chi connectivity index (χ1n) is 9.21. The number of nitrogens with zero attached hydrogens (tertiary/aromatic N) is 3. The first-order valence-corrected chi connectivity index (χ1v) is 10.6. The van der Waals surface area contributed by atoms with E-state index in [1.165, 1.54) is 19.2 Å². The van der Waals surface area contributed by atoms with E-state index in [0.717, 1.165) is 38.2 Å². The van der Waals surface area contributed by atoms with Gasteiger partial charge in [-0.05, 0) is 38.0 Å². The molecule has 1 unspecified atom stereocenters. The van der Waals surface area contributed by atoms with Gasteiger partial charge >= 0.3 is 0 Å². The fraction of sp³-hybridized carbons (Fsp3) is 0.824. The van der Waals surface area contributed by atoms with Crippen LogP contribution in [0.5, 0.6) is 0 Å². The standard InChI is InChI=1S/C17H27N3O4S/c1-19-11-16(18-13-19)25(21,22)20-7-5-17(6-8-20)10-15(4-9-24-17)23-12-14-2-3-14/h11,13-15H,2-10,12H2,1H3. The first-order chi connectivity index (χ1) is 12.0. The summed E-state index contributed by atoms with van der Waals surface area (Å²) in [5.41, 5.74) is -0.220. The SMILES string of the molecule is Cn1cnc(S(=O)(=O)N2CCC3(CC2)CC(OCC2CC2)CCO3)c1. The van der Waals surface area contributed by atoms with Gasteiger partial charge in [-0.1, -0.05) is 0 Å². The third-order valence-electron chi connectivity index (χ3n) is 5.63. The van der Waals surface area contributed by atoms with Crippen LogP contribution in [0.1, 0.15) is 38.5 Å². The van der Waals surface area contributed by atoms with Crippen molar-refractivity contribution in [1.82, 2.24) is 13.9 Å². The molecule has 0 radical (unpaired) electrons. The second-order valence-corrected chi connectivity index (χ2v) is 9.59. The van der Waals surface area contributed by atoms with Crippen molar-refractivity contribution < 1.29 is 17.9 Å². The van der Waals surface area contributed by atoms with E-state index < -0.39 is 10.0 Å². The zero-order valence-electron chi connectivity index (χ0n) is 14.8. The average molecular weight is 369 g/mol. The molecule has 1 spiro atoms. The van der Waals surface area contributed by atoms with Crippen LogP contribution in [0.2, 0.25) is 0 Å². The lowest BCUT2D eigenvalue weighted by Gasteiger charge is -2.45. The maximum Gasteiger partial charge on any atom is 0.262 e. The number of rotatable bonds is 5. The Kier molecular flexibility index (Phi) is 4.64. The number of aromatic nitrogens is 2. The van der Waals surface area contributed by atoms with E-state index >= 15 is 0 Å². The summed E-state index contributed by atoms with van der Waals surface area (Å²) in [5.74, 6) is 0.768. The van der Waals surface area contributed by atoms with E-state index in [2.05, 4.69) is 4.98 Å². The number of piperidine rings is 1. The molecular weight excluding hydrogens is 342 g/mol. The molecule has 3 fully saturated rings. The molecule has 1 saturated carbocycles. The molecule has 1 aliphatic carbocycles. The number of sulfonamides is 1. The molecular formula is C17H27N3O4S. The van der Waals surface area contributed by atoms with Gasteiger partial charge in [0.1, 0.15) is 0 Å². The third-order valence-corrected chi connectivity index (χ3v) is 7.42. The Bertz CT molecular complexity index is 705. The van der Waals surface area contributed by atoms with Crippen molar-refractivity contribution in [2.75, 3.05) is 26.3 Å². The largest absolute Gasteiger partial charge is 0.378 e. The molecule has 140 valence electrons. The van der Waals surface area contributed by atoms with Crippen molar-refractivity contribution in [2.24, 2.45) is 13.0 Å². The maximum absolute atomic E-state index is 12.7. The summed E-state index contributed by atoms with van der Waals surface area (Å²) in [7, 11) is -1.74. The van der Waals surface area contributed by atoms with Crippen molar-refractivity contribution in [2.45, 2.75) is 55.3 Å². The highest BCUT2D eigenvalue weighted by Crippen LogP contribution is 2.38. The highest BCUT2D eigenvalue weighted by atomic mass is 32.2. The predicted molar refractivity (Wildman–Crippen MR) is 91.6 cm³/mol. The molecule has 4 rings (SSSR count). The molecule has 2 aliphatic heterocycles. The fourth-order valence-corrected chi connectivity index (χ4v) is 5.23. The highest BCUT2D eigenvalue weighted by Gasteiger charge is 2.43. The van der Waals surface area contributed by atoms with Gasteiger partial charge in [0.25, 0.3) is 10.0 Å². The molecule has 0 aromatic carbocycles. The van der Waals surface area contributed by atoms with Gasteiger partial charge in [0.05, 0.1) is 18.0 Å². The molecule has 1 aromatic rings. The Morgan fingerprint density at radius 2 is 2.08 bits per heavy atom. The van der Waals surface area contributed by atoms with E-state index in [4.69, 9.17) is 9.47 Å². The van der Waals surface area contributed by atoms with Crippen molar-refractivity contribution >= 4 is 10.0 Å². The fourth-order valence-electron chi connectivity index (χ4n) is 3.82. The van der Waals surface area contributed by atoms with E-state index in [1.54, 1.807) is 22.1 Å². The predicted octanol–water partition coefficient (Wildman–Crippen LogP) is 1.55. The molecule has 0 amide bonds. The van der Waals surface area contributed by atoms with Crippen LogP contribution in [-0.4, -0.2) is 60.3 Å². The zero-order valence-corrected chi connectivity index (χ0v) is 15.6. The molecule has 7 nitrogen and oxygen atoms in total. The van der Waals surface area contributed by atoms with Gasteiger partial charge in [0.15, 0.2) is 5.03 Å². The van der Waals surface area contributed by atoms with Crippen LogP contribution in [0.4, 0.5) is 0 Å². The van der Waals surface area contributed by atoms with Crippen LogP contribution in [0.15, 0.2) is 17.6 Å². The second-order valence-electron chi connectivity index (χ2n) is 7.70. The maximum atomic E-state index is 12.7.